The first kappa shape index (κ1) is 15.3. The molecule has 2 rings (SSSR count). The largest absolute Gasteiger partial charge is 0.477 e. The molecule has 0 spiro atoms. The molecule has 0 aliphatic carbocycles. The SMILES string of the molecule is O=C(CCn1nccc1C(=O)O)Nc1ncc(Cl)cc1Cl. The van der Waals surface area contributed by atoms with E-state index in [4.69, 9.17) is 28.3 Å². The van der Waals surface area contributed by atoms with E-state index in [9.17, 15) is 9.59 Å². The quantitative estimate of drug-likeness (QED) is 0.877. The van der Waals surface area contributed by atoms with Crippen LogP contribution in [0.4, 0.5) is 5.82 Å². The van der Waals surface area contributed by atoms with Gasteiger partial charge in [-0.3, -0.25) is 9.48 Å². The Morgan fingerprint density at radius 2 is 2.14 bits per heavy atom. The van der Waals surface area contributed by atoms with E-state index in [2.05, 4.69) is 15.4 Å². The first-order valence-electron chi connectivity index (χ1n) is 5.83. The highest BCUT2D eigenvalue weighted by Gasteiger charge is 2.12. The van der Waals surface area contributed by atoms with Gasteiger partial charge in [-0.2, -0.15) is 5.10 Å². The Morgan fingerprint density at radius 1 is 1.38 bits per heavy atom. The predicted octanol–water partition coefficient (Wildman–Crippen LogP) is 2.31. The number of amides is 1. The number of aryl methyl sites for hydroxylation is 1. The molecule has 0 saturated heterocycles. The van der Waals surface area contributed by atoms with Crippen LogP contribution in [0.15, 0.2) is 24.5 Å². The second-order valence-electron chi connectivity index (χ2n) is 4.03. The number of carbonyl (C=O) groups excluding carboxylic acids is 1. The summed E-state index contributed by atoms with van der Waals surface area (Å²) in [7, 11) is 0. The Kier molecular flexibility index (Phi) is 4.77. The molecule has 9 heteroatoms. The number of aromatic nitrogens is 3. The maximum Gasteiger partial charge on any atom is 0.354 e. The third-order valence-electron chi connectivity index (χ3n) is 2.55. The second-order valence-corrected chi connectivity index (χ2v) is 4.87. The van der Waals surface area contributed by atoms with E-state index in [1.807, 2.05) is 0 Å². The molecule has 0 radical (unpaired) electrons. The Balaban J connectivity index is 1.96. The molecule has 0 aliphatic rings. The van der Waals surface area contributed by atoms with Crippen LogP contribution in [0.3, 0.4) is 0 Å². The number of anilines is 1. The Hall–Kier alpha value is -2.12. The van der Waals surface area contributed by atoms with Crippen molar-refractivity contribution >= 4 is 40.9 Å². The topological polar surface area (TPSA) is 97.1 Å². The van der Waals surface area contributed by atoms with Gasteiger partial charge in [0.1, 0.15) is 5.69 Å². The molecule has 7 nitrogen and oxygen atoms in total. The van der Waals surface area contributed by atoms with Gasteiger partial charge in [0.25, 0.3) is 0 Å². The highest BCUT2D eigenvalue weighted by molar-refractivity contribution is 6.36. The van der Waals surface area contributed by atoms with E-state index in [0.29, 0.717) is 5.02 Å². The van der Waals surface area contributed by atoms with Crippen LogP contribution < -0.4 is 5.32 Å². The summed E-state index contributed by atoms with van der Waals surface area (Å²) in [5.41, 5.74) is 0.0189. The van der Waals surface area contributed by atoms with Crippen molar-refractivity contribution in [1.82, 2.24) is 14.8 Å². The number of nitrogens with zero attached hydrogens (tertiary/aromatic N) is 3. The molecule has 0 aliphatic heterocycles. The number of halogens is 2. The second kappa shape index (κ2) is 6.55. The molecule has 110 valence electrons. The van der Waals surface area contributed by atoms with E-state index in [1.54, 1.807) is 0 Å². The van der Waals surface area contributed by atoms with E-state index < -0.39 is 5.97 Å². The molecule has 0 atom stereocenters. The minimum Gasteiger partial charge on any atom is -0.477 e. The lowest BCUT2D eigenvalue weighted by molar-refractivity contribution is -0.116. The summed E-state index contributed by atoms with van der Waals surface area (Å²) < 4.78 is 1.23. The monoisotopic (exact) mass is 328 g/mol. The molecular formula is C12H10Cl2N4O3. The zero-order chi connectivity index (χ0) is 15.4. The Morgan fingerprint density at radius 3 is 2.81 bits per heavy atom. The van der Waals surface area contributed by atoms with Crippen LogP contribution in [0.5, 0.6) is 0 Å². The molecule has 21 heavy (non-hydrogen) atoms. The first-order chi connectivity index (χ1) is 9.97. The summed E-state index contributed by atoms with van der Waals surface area (Å²) in [6.45, 7) is 0.131. The summed E-state index contributed by atoms with van der Waals surface area (Å²) in [4.78, 5) is 26.6. The molecule has 2 N–H and O–H groups in total. The summed E-state index contributed by atoms with van der Waals surface area (Å²) in [6, 6.07) is 2.82. The maximum atomic E-state index is 11.8. The smallest absolute Gasteiger partial charge is 0.354 e. The maximum absolute atomic E-state index is 11.8. The molecule has 2 heterocycles. The molecule has 0 saturated carbocycles. The number of carbonyl (C=O) groups is 2. The average molecular weight is 329 g/mol. The van der Waals surface area contributed by atoms with Gasteiger partial charge in [0.15, 0.2) is 5.82 Å². The fourth-order valence-corrected chi connectivity index (χ4v) is 2.03. The third-order valence-corrected chi connectivity index (χ3v) is 3.05. The summed E-state index contributed by atoms with van der Waals surface area (Å²) >= 11 is 11.6. The lowest BCUT2D eigenvalue weighted by Crippen LogP contribution is -2.18. The van der Waals surface area contributed by atoms with Crippen molar-refractivity contribution in [3.8, 4) is 0 Å². The number of nitrogens with one attached hydrogen (secondary N) is 1. The predicted molar refractivity (Wildman–Crippen MR) is 76.7 cm³/mol. The van der Waals surface area contributed by atoms with Crippen molar-refractivity contribution in [2.75, 3.05) is 5.32 Å². The molecule has 0 unspecified atom stereocenters. The zero-order valence-corrected chi connectivity index (χ0v) is 12.1. The molecule has 2 aromatic rings. The fraction of sp³-hybridized carbons (Fsp3) is 0.167. The third kappa shape index (κ3) is 3.93. The summed E-state index contributed by atoms with van der Waals surface area (Å²) in [6.07, 6.45) is 2.75. The van der Waals surface area contributed by atoms with Crippen LogP contribution in [0, 0.1) is 0 Å². The van der Waals surface area contributed by atoms with Crippen LogP contribution in [0.1, 0.15) is 16.9 Å². The lowest BCUT2D eigenvalue weighted by Gasteiger charge is -2.07. The Bertz CT molecular complexity index is 687. The Labute approximate surface area is 129 Å². The van der Waals surface area contributed by atoms with Crippen LogP contribution >= 0.6 is 23.2 Å². The number of carboxylic acid groups (broad SMARTS) is 1. The van der Waals surface area contributed by atoms with Crippen molar-refractivity contribution in [2.45, 2.75) is 13.0 Å². The van der Waals surface area contributed by atoms with Crippen molar-refractivity contribution in [2.24, 2.45) is 0 Å². The number of rotatable bonds is 5. The van der Waals surface area contributed by atoms with E-state index >= 15 is 0 Å². The van der Waals surface area contributed by atoms with Crippen LogP contribution in [0.25, 0.3) is 0 Å². The highest BCUT2D eigenvalue weighted by atomic mass is 35.5. The first-order valence-corrected chi connectivity index (χ1v) is 6.59. The van der Waals surface area contributed by atoms with Crippen molar-refractivity contribution < 1.29 is 14.7 Å². The van der Waals surface area contributed by atoms with Gasteiger partial charge in [0.2, 0.25) is 5.91 Å². The number of pyridine rings is 1. The van der Waals surface area contributed by atoms with E-state index in [0.717, 1.165) is 0 Å². The van der Waals surface area contributed by atoms with Crippen LogP contribution in [-0.4, -0.2) is 31.7 Å². The zero-order valence-electron chi connectivity index (χ0n) is 10.6. The van der Waals surface area contributed by atoms with Gasteiger partial charge in [-0.05, 0) is 12.1 Å². The van der Waals surface area contributed by atoms with Crippen molar-refractivity contribution in [1.29, 1.82) is 0 Å². The van der Waals surface area contributed by atoms with Crippen molar-refractivity contribution in [3.63, 3.8) is 0 Å². The standard InChI is InChI=1S/C12H10Cl2N4O3/c13-7-5-8(14)11(15-6-7)17-10(19)2-4-18-9(12(20)21)1-3-16-18/h1,3,5-6H,2,4H2,(H,20,21)(H,15,17,19). The summed E-state index contributed by atoms with van der Waals surface area (Å²) in [5, 5.41) is 15.9. The highest BCUT2D eigenvalue weighted by Crippen LogP contribution is 2.22. The number of aromatic carboxylic acids is 1. The average Bonchev–Trinajstić information content (AvgIpc) is 2.88. The number of hydrogen-bond acceptors (Lipinski definition) is 4. The minimum atomic E-state index is -1.10. The number of carboxylic acids is 1. The molecular weight excluding hydrogens is 319 g/mol. The molecule has 0 aromatic carbocycles. The van der Waals surface area contributed by atoms with Crippen LogP contribution in [-0.2, 0) is 11.3 Å². The van der Waals surface area contributed by atoms with Gasteiger partial charge >= 0.3 is 5.97 Å². The minimum absolute atomic E-state index is 0.0189. The van der Waals surface area contributed by atoms with Crippen molar-refractivity contribution in [3.05, 3.63) is 40.3 Å². The van der Waals surface area contributed by atoms with E-state index in [1.165, 1.54) is 29.2 Å². The lowest BCUT2D eigenvalue weighted by atomic mass is 10.3. The molecule has 0 bridgehead atoms. The normalized spacial score (nSPS) is 10.4. The van der Waals surface area contributed by atoms with E-state index in [-0.39, 0.29) is 35.4 Å². The van der Waals surface area contributed by atoms with Gasteiger partial charge in [0.05, 0.1) is 16.6 Å². The van der Waals surface area contributed by atoms with Gasteiger partial charge in [-0.1, -0.05) is 23.2 Å². The summed E-state index contributed by atoms with van der Waals surface area (Å²) in [5.74, 6) is -1.26. The van der Waals surface area contributed by atoms with Gasteiger partial charge < -0.3 is 10.4 Å². The number of hydrogen-bond donors (Lipinski definition) is 2. The van der Waals surface area contributed by atoms with Gasteiger partial charge in [0, 0.05) is 18.8 Å². The van der Waals surface area contributed by atoms with Gasteiger partial charge in [-0.15, -0.1) is 0 Å². The molecule has 2 aromatic heterocycles. The molecule has 1 amide bonds. The van der Waals surface area contributed by atoms with Crippen LogP contribution in [0.2, 0.25) is 10.0 Å². The fourth-order valence-electron chi connectivity index (χ4n) is 1.60. The molecule has 0 fully saturated rings. The van der Waals surface area contributed by atoms with Gasteiger partial charge in [-0.25, -0.2) is 9.78 Å².